The highest BCUT2D eigenvalue weighted by atomic mass is 19.1. The predicted octanol–water partition coefficient (Wildman–Crippen LogP) is 1.28. The van der Waals surface area contributed by atoms with Gasteiger partial charge in [0.15, 0.2) is 0 Å². The summed E-state index contributed by atoms with van der Waals surface area (Å²) in [6.07, 6.45) is 2.40. The second-order valence-corrected chi connectivity index (χ2v) is 5.17. The van der Waals surface area contributed by atoms with Gasteiger partial charge < -0.3 is 14.5 Å². The number of amides is 2. The monoisotopic (exact) mass is 293 g/mol. The summed E-state index contributed by atoms with van der Waals surface area (Å²) in [6, 6.07) is 3.08. The Morgan fingerprint density at radius 1 is 1.33 bits per heavy atom. The molecule has 2 saturated heterocycles. The van der Waals surface area contributed by atoms with Crippen LogP contribution in [0.4, 0.5) is 9.18 Å². The average molecular weight is 293 g/mol. The molecule has 0 saturated carbocycles. The topological polar surface area (TPSA) is 62.7 Å². The molecule has 7 heteroatoms. The molecule has 2 aliphatic rings. The maximum Gasteiger partial charge on any atom is 0.410 e. The molecule has 0 aromatic carbocycles. The third-order valence-corrected chi connectivity index (χ3v) is 3.97. The third kappa shape index (κ3) is 2.68. The highest BCUT2D eigenvalue weighted by Gasteiger charge is 2.33. The van der Waals surface area contributed by atoms with Crippen LogP contribution in [0.3, 0.4) is 0 Å². The molecule has 1 aromatic heterocycles. The van der Waals surface area contributed by atoms with Crippen LogP contribution in [0.25, 0.3) is 0 Å². The molecule has 3 rings (SSSR count). The van der Waals surface area contributed by atoms with Crippen LogP contribution in [0.2, 0.25) is 0 Å². The van der Waals surface area contributed by atoms with Crippen LogP contribution in [0.15, 0.2) is 18.3 Å². The van der Waals surface area contributed by atoms with Crippen LogP contribution >= 0.6 is 0 Å². The summed E-state index contributed by atoms with van der Waals surface area (Å²) in [5.41, 5.74) is -0.00321. The first-order valence-corrected chi connectivity index (χ1v) is 7.00. The number of cyclic esters (lactones) is 1. The first kappa shape index (κ1) is 13.8. The van der Waals surface area contributed by atoms with Crippen molar-refractivity contribution in [2.45, 2.75) is 18.9 Å². The number of ether oxygens (including phenoxy) is 1. The number of rotatable bonds is 2. The van der Waals surface area contributed by atoms with Gasteiger partial charge in [0.2, 0.25) is 5.95 Å². The number of aromatic nitrogens is 1. The summed E-state index contributed by atoms with van der Waals surface area (Å²) >= 11 is 0. The van der Waals surface area contributed by atoms with Gasteiger partial charge in [0.1, 0.15) is 6.61 Å². The van der Waals surface area contributed by atoms with Gasteiger partial charge in [0.05, 0.1) is 12.1 Å². The summed E-state index contributed by atoms with van der Waals surface area (Å²) < 4.78 is 18.5. The lowest BCUT2D eigenvalue weighted by atomic mass is 10.0. The minimum atomic E-state index is -0.743. The van der Waals surface area contributed by atoms with Crippen molar-refractivity contribution in [1.82, 2.24) is 14.8 Å². The van der Waals surface area contributed by atoms with Crippen LogP contribution in [-0.4, -0.2) is 59.1 Å². The van der Waals surface area contributed by atoms with Gasteiger partial charge in [-0.1, -0.05) is 0 Å². The molecule has 21 heavy (non-hydrogen) atoms. The molecule has 0 unspecified atom stereocenters. The lowest BCUT2D eigenvalue weighted by Gasteiger charge is -2.35. The van der Waals surface area contributed by atoms with Gasteiger partial charge in [0.25, 0.3) is 5.91 Å². The summed E-state index contributed by atoms with van der Waals surface area (Å²) in [4.78, 5) is 30.6. The fraction of sp³-hybridized carbons (Fsp3) is 0.500. The molecule has 6 nitrogen and oxygen atoms in total. The second-order valence-electron chi connectivity index (χ2n) is 5.17. The van der Waals surface area contributed by atoms with E-state index in [1.54, 1.807) is 15.9 Å². The van der Waals surface area contributed by atoms with Crippen molar-refractivity contribution in [3.63, 3.8) is 0 Å². The van der Waals surface area contributed by atoms with E-state index in [1.807, 2.05) is 0 Å². The number of piperidine rings is 1. The molecule has 0 aliphatic carbocycles. The number of carbonyl (C=O) groups excluding carboxylic acids is 2. The van der Waals surface area contributed by atoms with E-state index in [0.717, 1.165) is 0 Å². The van der Waals surface area contributed by atoms with E-state index in [0.29, 0.717) is 39.1 Å². The smallest absolute Gasteiger partial charge is 0.410 e. The number of nitrogens with zero attached hydrogens (tertiary/aromatic N) is 3. The van der Waals surface area contributed by atoms with Crippen molar-refractivity contribution in [3.05, 3.63) is 29.8 Å². The molecule has 112 valence electrons. The minimum Gasteiger partial charge on any atom is -0.448 e. The number of pyridine rings is 1. The maximum atomic E-state index is 13.5. The Labute approximate surface area is 121 Å². The van der Waals surface area contributed by atoms with Gasteiger partial charge in [-0.3, -0.25) is 4.79 Å². The highest BCUT2D eigenvalue weighted by Crippen LogP contribution is 2.21. The van der Waals surface area contributed by atoms with E-state index in [2.05, 4.69) is 4.98 Å². The van der Waals surface area contributed by atoms with Gasteiger partial charge in [-0.15, -0.1) is 0 Å². The van der Waals surface area contributed by atoms with E-state index in [-0.39, 0.29) is 23.6 Å². The number of hydrogen-bond donors (Lipinski definition) is 0. The lowest BCUT2D eigenvalue weighted by molar-refractivity contribution is 0.0653. The molecule has 2 fully saturated rings. The first-order chi connectivity index (χ1) is 10.2. The molecule has 0 atom stereocenters. The lowest BCUT2D eigenvalue weighted by Crippen LogP contribution is -2.47. The van der Waals surface area contributed by atoms with Crippen molar-refractivity contribution in [2.75, 3.05) is 26.2 Å². The fourth-order valence-electron chi connectivity index (χ4n) is 2.83. The van der Waals surface area contributed by atoms with Gasteiger partial charge >= 0.3 is 6.09 Å². The molecule has 0 bridgehead atoms. The number of likely N-dealkylation sites (tertiary alicyclic amines) is 1. The van der Waals surface area contributed by atoms with E-state index in [1.165, 1.54) is 12.3 Å². The van der Waals surface area contributed by atoms with Gasteiger partial charge in [-0.25, -0.2) is 9.78 Å². The van der Waals surface area contributed by atoms with Crippen molar-refractivity contribution in [2.24, 2.45) is 0 Å². The summed E-state index contributed by atoms with van der Waals surface area (Å²) in [5, 5.41) is 0. The Morgan fingerprint density at radius 2 is 2.10 bits per heavy atom. The van der Waals surface area contributed by atoms with Gasteiger partial charge in [-0.05, 0) is 25.0 Å². The third-order valence-electron chi connectivity index (χ3n) is 3.97. The van der Waals surface area contributed by atoms with Crippen LogP contribution in [0.5, 0.6) is 0 Å². The van der Waals surface area contributed by atoms with Crippen LogP contribution < -0.4 is 0 Å². The van der Waals surface area contributed by atoms with Gasteiger partial charge in [0, 0.05) is 25.3 Å². The Morgan fingerprint density at radius 3 is 2.71 bits per heavy atom. The molecule has 1 aromatic rings. The number of hydrogen-bond acceptors (Lipinski definition) is 4. The molecular formula is C14H16FN3O3. The molecule has 2 aliphatic heterocycles. The standard InChI is InChI=1S/C14H16FN3O3/c15-12-11(2-1-5-16-12)13(19)17-6-3-10(4-7-17)18-8-9-21-14(18)20/h1-2,5,10H,3-4,6-9H2. The Balaban J connectivity index is 1.62. The molecule has 0 radical (unpaired) electrons. The van der Waals surface area contributed by atoms with E-state index in [9.17, 15) is 14.0 Å². The zero-order chi connectivity index (χ0) is 14.8. The molecule has 0 N–H and O–H groups in total. The van der Waals surface area contributed by atoms with E-state index >= 15 is 0 Å². The fourth-order valence-corrected chi connectivity index (χ4v) is 2.83. The first-order valence-electron chi connectivity index (χ1n) is 7.00. The zero-order valence-corrected chi connectivity index (χ0v) is 11.5. The normalized spacial score (nSPS) is 19.8. The number of carbonyl (C=O) groups is 2. The summed E-state index contributed by atoms with van der Waals surface area (Å²) in [5.74, 6) is -1.09. The van der Waals surface area contributed by atoms with Crippen molar-refractivity contribution in [1.29, 1.82) is 0 Å². The second kappa shape index (κ2) is 5.67. The summed E-state index contributed by atoms with van der Waals surface area (Å²) in [6.45, 7) is 2.04. The quantitative estimate of drug-likeness (QED) is 0.771. The molecular weight excluding hydrogens is 277 g/mol. The van der Waals surface area contributed by atoms with E-state index < -0.39 is 5.95 Å². The Kier molecular flexibility index (Phi) is 3.72. The molecule has 3 heterocycles. The Bertz CT molecular complexity index is 558. The van der Waals surface area contributed by atoms with Crippen LogP contribution in [0, 0.1) is 5.95 Å². The van der Waals surface area contributed by atoms with Crippen LogP contribution in [-0.2, 0) is 4.74 Å². The molecule has 0 spiro atoms. The zero-order valence-electron chi connectivity index (χ0n) is 11.5. The SMILES string of the molecule is O=C(c1cccnc1F)N1CCC(N2CCOC2=O)CC1. The Hall–Kier alpha value is -2.18. The van der Waals surface area contributed by atoms with Crippen molar-refractivity contribution < 1.29 is 18.7 Å². The highest BCUT2D eigenvalue weighted by molar-refractivity contribution is 5.94. The predicted molar refractivity (Wildman–Crippen MR) is 71.2 cm³/mol. The maximum absolute atomic E-state index is 13.5. The van der Waals surface area contributed by atoms with E-state index in [4.69, 9.17) is 4.74 Å². The van der Waals surface area contributed by atoms with Crippen molar-refractivity contribution in [3.8, 4) is 0 Å². The summed E-state index contributed by atoms with van der Waals surface area (Å²) in [7, 11) is 0. The van der Waals surface area contributed by atoms with Crippen LogP contribution in [0.1, 0.15) is 23.2 Å². The molecule has 2 amide bonds. The largest absolute Gasteiger partial charge is 0.448 e. The average Bonchev–Trinajstić information content (AvgIpc) is 2.93. The van der Waals surface area contributed by atoms with Crippen molar-refractivity contribution >= 4 is 12.0 Å². The number of halogens is 1. The minimum absolute atomic E-state index is 0.00321. The van der Waals surface area contributed by atoms with Gasteiger partial charge in [-0.2, -0.15) is 4.39 Å².